The number of aliphatic hydroxyl groups is 1. The van der Waals surface area contributed by atoms with Gasteiger partial charge in [-0.25, -0.2) is 4.98 Å². The zero-order chi connectivity index (χ0) is 16.2. The number of nitrogens with one attached hydrogen (secondary N) is 1. The highest BCUT2D eigenvalue weighted by Crippen LogP contribution is 2.26. The van der Waals surface area contributed by atoms with Crippen molar-refractivity contribution in [3.8, 4) is 0 Å². The minimum atomic E-state index is -0.222. The van der Waals surface area contributed by atoms with Crippen LogP contribution >= 0.6 is 0 Å². The van der Waals surface area contributed by atoms with Crippen LogP contribution in [0.3, 0.4) is 0 Å². The van der Waals surface area contributed by atoms with Crippen LogP contribution in [0.4, 0.5) is 5.82 Å². The van der Waals surface area contributed by atoms with Crippen molar-refractivity contribution in [2.75, 3.05) is 24.6 Å². The fourth-order valence-corrected chi connectivity index (χ4v) is 2.98. The molecule has 1 aliphatic heterocycles. The Bertz CT molecular complexity index is 692. The number of pyridine rings is 1. The Hall–Kier alpha value is -2.14. The van der Waals surface area contributed by atoms with E-state index < -0.39 is 0 Å². The third-order valence-electron chi connectivity index (χ3n) is 4.40. The molecular weight excluding hydrogens is 290 g/mol. The lowest BCUT2D eigenvalue weighted by Gasteiger charge is -2.22. The summed E-state index contributed by atoms with van der Waals surface area (Å²) >= 11 is 0. The van der Waals surface area contributed by atoms with E-state index in [1.165, 1.54) is 0 Å². The highest BCUT2D eigenvalue weighted by Gasteiger charge is 2.23. The maximum absolute atomic E-state index is 12.7. The van der Waals surface area contributed by atoms with Crippen molar-refractivity contribution in [3.63, 3.8) is 0 Å². The van der Waals surface area contributed by atoms with Crippen LogP contribution in [-0.2, 0) is 0 Å². The molecule has 3 rings (SSSR count). The monoisotopic (exact) mass is 313 g/mol. The van der Waals surface area contributed by atoms with Crippen molar-refractivity contribution in [1.82, 2.24) is 10.3 Å². The van der Waals surface area contributed by atoms with Gasteiger partial charge in [0.05, 0.1) is 23.7 Å². The third-order valence-corrected chi connectivity index (χ3v) is 4.40. The molecule has 1 saturated heterocycles. The fraction of sp³-hybridized carbons (Fsp3) is 0.444. The predicted octanol–water partition coefficient (Wildman–Crippen LogP) is 2.34. The third kappa shape index (κ3) is 3.29. The number of para-hydroxylation sites is 1. The van der Waals surface area contributed by atoms with Gasteiger partial charge in [-0.1, -0.05) is 25.1 Å². The number of rotatable bonds is 5. The van der Waals surface area contributed by atoms with Crippen molar-refractivity contribution in [2.45, 2.75) is 32.2 Å². The Morgan fingerprint density at radius 1 is 1.35 bits per heavy atom. The van der Waals surface area contributed by atoms with Crippen LogP contribution in [0, 0.1) is 0 Å². The van der Waals surface area contributed by atoms with E-state index in [-0.39, 0.29) is 18.6 Å². The smallest absolute Gasteiger partial charge is 0.255 e. The Labute approximate surface area is 136 Å². The summed E-state index contributed by atoms with van der Waals surface area (Å²) < 4.78 is 0. The molecule has 0 saturated carbocycles. The fourth-order valence-electron chi connectivity index (χ4n) is 2.98. The number of anilines is 1. The number of carbonyl (C=O) groups is 1. The standard InChI is InChI=1S/C18H23N3O2/c1-2-14(12-22)19-18(23)15-11-13-7-3-4-8-16(13)20-17(15)21-9-5-6-10-21/h3-4,7-8,11,14,22H,2,5-6,9-10,12H2,1H3,(H,19,23). The average Bonchev–Trinajstić information content (AvgIpc) is 3.12. The first-order valence-corrected chi connectivity index (χ1v) is 8.29. The zero-order valence-electron chi connectivity index (χ0n) is 13.5. The number of benzene rings is 1. The Balaban J connectivity index is 2.01. The highest BCUT2D eigenvalue weighted by atomic mass is 16.3. The van der Waals surface area contributed by atoms with E-state index in [0.717, 1.165) is 42.7 Å². The lowest BCUT2D eigenvalue weighted by molar-refractivity contribution is 0.0915. The van der Waals surface area contributed by atoms with E-state index in [4.69, 9.17) is 4.98 Å². The molecule has 1 atom stereocenters. The molecule has 1 aliphatic rings. The van der Waals surface area contributed by atoms with Gasteiger partial charge in [0.15, 0.2) is 0 Å². The van der Waals surface area contributed by atoms with Crippen LogP contribution in [0.25, 0.3) is 10.9 Å². The summed E-state index contributed by atoms with van der Waals surface area (Å²) in [6.45, 7) is 3.76. The van der Waals surface area contributed by atoms with Gasteiger partial charge in [-0.05, 0) is 31.4 Å². The SMILES string of the molecule is CCC(CO)NC(=O)c1cc2ccccc2nc1N1CCCC1. The molecule has 1 fully saturated rings. The maximum Gasteiger partial charge on any atom is 0.255 e. The second kappa shape index (κ2) is 6.96. The molecule has 1 aromatic carbocycles. The molecule has 122 valence electrons. The molecule has 2 aromatic rings. The largest absolute Gasteiger partial charge is 0.394 e. The van der Waals surface area contributed by atoms with E-state index in [1.54, 1.807) is 0 Å². The second-order valence-electron chi connectivity index (χ2n) is 6.01. The average molecular weight is 313 g/mol. The number of fused-ring (bicyclic) bond motifs is 1. The number of hydrogen-bond donors (Lipinski definition) is 2. The van der Waals surface area contributed by atoms with Crippen LogP contribution in [0.15, 0.2) is 30.3 Å². The highest BCUT2D eigenvalue weighted by molar-refractivity contribution is 6.02. The predicted molar refractivity (Wildman–Crippen MR) is 91.8 cm³/mol. The van der Waals surface area contributed by atoms with Gasteiger partial charge in [-0.3, -0.25) is 4.79 Å². The molecule has 0 spiro atoms. The van der Waals surface area contributed by atoms with Gasteiger partial charge < -0.3 is 15.3 Å². The van der Waals surface area contributed by atoms with Gasteiger partial charge in [0.2, 0.25) is 0 Å². The van der Waals surface area contributed by atoms with Crippen LogP contribution in [0.5, 0.6) is 0 Å². The van der Waals surface area contributed by atoms with Gasteiger partial charge in [0.25, 0.3) is 5.91 Å². The molecule has 2 N–H and O–H groups in total. The van der Waals surface area contributed by atoms with Crippen molar-refractivity contribution < 1.29 is 9.90 Å². The summed E-state index contributed by atoms with van der Waals surface area (Å²) in [5.41, 5.74) is 1.50. The van der Waals surface area contributed by atoms with Crippen molar-refractivity contribution in [1.29, 1.82) is 0 Å². The molecule has 23 heavy (non-hydrogen) atoms. The van der Waals surface area contributed by atoms with E-state index in [2.05, 4.69) is 10.2 Å². The van der Waals surface area contributed by atoms with Gasteiger partial charge in [-0.15, -0.1) is 0 Å². The van der Waals surface area contributed by atoms with Gasteiger partial charge in [-0.2, -0.15) is 0 Å². The number of hydrogen-bond acceptors (Lipinski definition) is 4. The zero-order valence-corrected chi connectivity index (χ0v) is 13.5. The Morgan fingerprint density at radius 3 is 2.78 bits per heavy atom. The van der Waals surface area contributed by atoms with Gasteiger partial charge in [0, 0.05) is 18.5 Å². The van der Waals surface area contributed by atoms with Crippen LogP contribution < -0.4 is 10.2 Å². The summed E-state index contributed by atoms with van der Waals surface area (Å²) in [6.07, 6.45) is 2.95. The minimum absolute atomic E-state index is 0.0533. The normalized spacial score (nSPS) is 15.8. The molecule has 0 bridgehead atoms. The molecule has 1 aromatic heterocycles. The number of carbonyl (C=O) groups excluding carboxylic acids is 1. The summed E-state index contributed by atoms with van der Waals surface area (Å²) in [5, 5.41) is 13.2. The Kier molecular flexibility index (Phi) is 4.76. The molecule has 1 amide bonds. The number of nitrogens with zero attached hydrogens (tertiary/aromatic N) is 2. The van der Waals surface area contributed by atoms with Crippen LogP contribution in [-0.4, -0.2) is 41.7 Å². The molecule has 5 heteroatoms. The van der Waals surface area contributed by atoms with E-state index in [9.17, 15) is 9.90 Å². The van der Waals surface area contributed by atoms with Gasteiger partial charge in [0.1, 0.15) is 5.82 Å². The molecular formula is C18H23N3O2. The summed E-state index contributed by atoms with van der Waals surface area (Å²) in [6, 6.07) is 9.54. The first kappa shape index (κ1) is 15.7. The minimum Gasteiger partial charge on any atom is -0.394 e. The van der Waals surface area contributed by atoms with Crippen LogP contribution in [0.1, 0.15) is 36.5 Å². The first-order valence-electron chi connectivity index (χ1n) is 8.29. The van der Waals surface area contributed by atoms with Crippen LogP contribution in [0.2, 0.25) is 0 Å². The topological polar surface area (TPSA) is 65.5 Å². The lowest BCUT2D eigenvalue weighted by Crippen LogP contribution is -2.38. The molecule has 0 aliphatic carbocycles. The number of amides is 1. The van der Waals surface area contributed by atoms with Crippen molar-refractivity contribution in [3.05, 3.63) is 35.9 Å². The summed E-state index contributed by atoms with van der Waals surface area (Å²) in [7, 11) is 0. The van der Waals surface area contributed by atoms with E-state index in [0.29, 0.717) is 12.0 Å². The maximum atomic E-state index is 12.7. The lowest BCUT2D eigenvalue weighted by atomic mass is 10.1. The molecule has 0 radical (unpaired) electrons. The first-order chi connectivity index (χ1) is 11.2. The quantitative estimate of drug-likeness (QED) is 0.889. The molecule has 1 unspecified atom stereocenters. The number of aliphatic hydroxyl groups excluding tert-OH is 1. The van der Waals surface area contributed by atoms with Gasteiger partial charge >= 0.3 is 0 Å². The summed E-state index contributed by atoms with van der Waals surface area (Å²) in [5.74, 6) is 0.595. The van der Waals surface area contributed by atoms with E-state index in [1.807, 2.05) is 37.3 Å². The van der Waals surface area contributed by atoms with Crippen molar-refractivity contribution in [2.24, 2.45) is 0 Å². The molecule has 5 nitrogen and oxygen atoms in total. The molecule has 2 heterocycles. The summed E-state index contributed by atoms with van der Waals surface area (Å²) in [4.78, 5) is 19.6. The second-order valence-corrected chi connectivity index (χ2v) is 6.01. The number of aromatic nitrogens is 1. The Morgan fingerprint density at radius 2 is 2.09 bits per heavy atom. The van der Waals surface area contributed by atoms with E-state index >= 15 is 0 Å². The van der Waals surface area contributed by atoms with Crippen molar-refractivity contribution >= 4 is 22.6 Å².